The van der Waals surface area contributed by atoms with Crippen LogP contribution in [-0.2, 0) is 9.53 Å². The minimum atomic E-state index is -0.252. The van der Waals surface area contributed by atoms with Crippen LogP contribution in [0.1, 0.15) is 17.2 Å². The van der Waals surface area contributed by atoms with E-state index in [1.807, 2.05) is 30.3 Å². The molecule has 27 heavy (non-hydrogen) atoms. The number of hydrogen-bond acceptors (Lipinski definition) is 4. The molecule has 140 valence electrons. The minimum Gasteiger partial charge on any atom is -0.454 e. The molecule has 0 bridgehead atoms. The van der Waals surface area contributed by atoms with Crippen LogP contribution in [0.5, 0.6) is 11.5 Å². The van der Waals surface area contributed by atoms with Crippen molar-refractivity contribution in [2.45, 2.75) is 6.10 Å². The quantitative estimate of drug-likeness (QED) is 0.712. The predicted molar refractivity (Wildman–Crippen MR) is 103 cm³/mol. The molecule has 1 saturated heterocycles. The Morgan fingerprint density at radius 2 is 1.85 bits per heavy atom. The van der Waals surface area contributed by atoms with Gasteiger partial charge in [0.1, 0.15) is 6.10 Å². The van der Waals surface area contributed by atoms with Crippen LogP contribution in [0.2, 0.25) is 10.0 Å². The Balaban J connectivity index is 1.44. The van der Waals surface area contributed by atoms with Crippen molar-refractivity contribution in [3.63, 3.8) is 0 Å². The molecular weight excluding hydrogens is 389 g/mol. The van der Waals surface area contributed by atoms with Crippen LogP contribution in [0, 0.1) is 0 Å². The molecule has 0 aliphatic carbocycles. The molecule has 1 unspecified atom stereocenters. The van der Waals surface area contributed by atoms with Crippen molar-refractivity contribution in [2.75, 3.05) is 26.5 Å². The molecule has 7 heteroatoms. The lowest BCUT2D eigenvalue weighted by atomic mass is 10.1. The topological polar surface area (TPSA) is 48.0 Å². The maximum atomic E-state index is 12.6. The van der Waals surface area contributed by atoms with Crippen LogP contribution < -0.4 is 9.47 Å². The summed E-state index contributed by atoms with van der Waals surface area (Å²) < 4.78 is 16.4. The first-order valence-corrected chi connectivity index (χ1v) is 9.28. The zero-order valence-electron chi connectivity index (χ0n) is 14.4. The van der Waals surface area contributed by atoms with Gasteiger partial charge in [0.25, 0.3) is 0 Å². The summed E-state index contributed by atoms with van der Waals surface area (Å²) in [6.45, 7) is 1.67. The number of amides is 1. The van der Waals surface area contributed by atoms with E-state index >= 15 is 0 Å². The summed E-state index contributed by atoms with van der Waals surface area (Å²) in [4.78, 5) is 14.3. The Labute approximate surface area is 167 Å². The molecule has 1 atom stereocenters. The minimum absolute atomic E-state index is 0.0749. The Bertz CT molecular complexity index is 879. The maximum Gasteiger partial charge on any atom is 0.246 e. The lowest BCUT2D eigenvalue weighted by Gasteiger charge is -2.32. The zero-order valence-corrected chi connectivity index (χ0v) is 15.9. The number of nitrogens with zero attached hydrogens (tertiary/aromatic N) is 1. The number of carbonyl (C=O) groups is 1. The molecule has 0 saturated carbocycles. The van der Waals surface area contributed by atoms with E-state index < -0.39 is 0 Å². The van der Waals surface area contributed by atoms with Crippen LogP contribution in [-0.4, -0.2) is 37.3 Å². The number of morpholine rings is 1. The zero-order chi connectivity index (χ0) is 18.8. The second-order valence-corrected chi connectivity index (χ2v) is 7.17. The number of carbonyl (C=O) groups excluding carboxylic acids is 1. The van der Waals surface area contributed by atoms with Crippen molar-refractivity contribution >= 4 is 35.2 Å². The fraction of sp³-hybridized carbons (Fsp3) is 0.250. The lowest BCUT2D eigenvalue weighted by Crippen LogP contribution is -2.41. The van der Waals surface area contributed by atoms with Gasteiger partial charge >= 0.3 is 0 Å². The maximum absolute atomic E-state index is 12.6. The first kappa shape index (κ1) is 18.2. The number of halogens is 2. The van der Waals surface area contributed by atoms with Gasteiger partial charge in [-0.2, -0.15) is 0 Å². The van der Waals surface area contributed by atoms with Crippen LogP contribution >= 0.6 is 23.2 Å². The molecule has 0 radical (unpaired) electrons. The summed E-state index contributed by atoms with van der Waals surface area (Å²) in [5.74, 6) is 1.33. The van der Waals surface area contributed by atoms with E-state index in [9.17, 15) is 4.79 Å². The van der Waals surface area contributed by atoms with Gasteiger partial charge in [-0.1, -0.05) is 29.3 Å². The van der Waals surface area contributed by atoms with Gasteiger partial charge in [0.05, 0.1) is 13.2 Å². The molecule has 4 rings (SSSR count). The molecule has 2 aliphatic rings. The highest BCUT2D eigenvalue weighted by Crippen LogP contribution is 2.33. The normalized spacial score (nSPS) is 18.9. The third-order valence-electron chi connectivity index (χ3n) is 4.45. The molecule has 0 spiro atoms. The van der Waals surface area contributed by atoms with Gasteiger partial charge in [0, 0.05) is 22.7 Å². The summed E-state index contributed by atoms with van der Waals surface area (Å²) in [6, 6.07) is 10.9. The standard InChI is InChI=1S/C20H17Cl2NO4/c21-15-8-14(9-16(22)10-15)19-11-23(5-6-25-19)20(24)4-2-13-1-3-17-18(7-13)27-12-26-17/h1-4,7-10,19H,5-6,11-12H2/b4-2+. The summed E-state index contributed by atoms with van der Waals surface area (Å²) in [5.41, 5.74) is 1.74. The monoisotopic (exact) mass is 405 g/mol. The molecular formula is C20H17Cl2NO4. The summed E-state index contributed by atoms with van der Waals surface area (Å²) in [7, 11) is 0. The van der Waals surface area contributed by atoms with Gasteiger partial charge < -0.3 is 19.1 Å². The number of rotatable bonds is 3. The second kappa shape index (κ2) is 7.80. The second-order valence-electron chi connectivity index (χ2n) is 6.29. The molecule has 5 nitrogen and oxygen atoms in total. The van der Waals surface area contributed by atoms with Gasteiger partial charge in [-0.25, -0.2) is 0 Å². The third-order valence-corrected chi connectivity index (χ3v) is 4.89. The van der Waals surface area contributed by atoms with Gasteiger partial charge in [-0.15, -0.1) is 0 Å². The third kappa shape index (κ3) is 4.21. The van der Waals surface area contributed by atoms with Gasteiger partial charge in [0.2, 0.25) is 12.7 Å². The average molecular weight is 406 g/mol. The first-order chi connectivity index (χ1) is 13.1. The number of fused-ring (bicyclic) bond motifs is 1. The number of ether oxygens (including phenoxy) is 3. The van der Waals surface area contributed by atoms with E-state index in [1.54, 1.807) is 23.1 Å². The van der Waals surface area contributed by atoms with Crippen molar-refractivity contribution in [3.8, 4) is 11.5 Å². The highest BCUT2D eigenvalue weighted by molar-refractivity contribution is 6.34. The smallest absolute Gasteiger partial charge is 0.246 e. The van der Waals surface area contributed by atoms with Crippen molar-refractivity contribution in [2.24, 2.45) is 0 Å². The molecule has 2 heterocycles. The largest absolute Gasteiger partial charge is 0.454 e. The molecule has 2 aromatic carbocycles. The molecule has 0 N–H and O–H groups in total. The van der Waals surface area contributed by atoms with E-state index in [-0.39, 0.29) is 18.8 Å². The van der Waals surface area contributed by atoms with Crippen LogP contribution in [0.4, 0.5) is 0 Å². The van der Waals surface area contributed by atoms with Crippen LogP contribution in [0.25, 0.3) is 6.08 Å². The van der Waals surface area contributed by atoms with Crippen molar-refractivity contribution < 1.29 is 19.0 Å². The van der Waals surface area contributed by atoms with Gasteiger partial charge in [-0.05, 0) is 47.5 Å². The summed E-state index contributed by atoms with van der Waals surface area (Å²) >= 11 is 12.2. The van der Waals surface area contributed by atoms with E-state index in [2.05, 4.69) is 0 Å². The van der Waals surface area contributed by atoms with E-state index in [1.165, 1.54) is 0 Å². The fourth-order valence-corrected chi connectivity index (χ4v) is 3.64. The van der Waals surface area contributed by atoms with Crippen LogP contribution in [0.3, 0.4) is 0 Å². The Hall–Kier alpha value is -2.21. The van der Waals surface area contributed by atoms with Crippen molar-refractivity contribution in [1.29, 1.82) is 0 Å². The Kier molecular flexibility index (Phi) is 5.25. The van der Waals surface area contributed by atoms with Gasteiger partial charge in [0.15, 0.2) is 11.5 Å². The molecule has 2 aromatic rings. The molecule has 1 amide bonds. The Morgan fingerprint density at radius 1 is 1.07 bits per heavy atom. The highest BCUT2D eigenvalue weighted by atomic mass is 35.5. The van der Waals surface area contributed by atoms with Crippen LogP contribution in [0.15, 0.2) is 42.5 Å². The lowest BCUT2D eigenvalue weighted by molar-refractivity contribution is -0.133. The van der Waals surface area contributed by atoms with Crippen molar-refractivity contribution in [3.05, 3.63) is 63.6 Å². The van der Waals surface area contributed by atoms with E-state index in [0.717, 1.165) is 16.9 Å². The number of hydrogen-bond donors (Lipinski definition) is 0. The molecule has 2 aliphatic heterocycles. The van der Waals surface area contributed by atoms with Gasteiger partial charge in [-0.3, -0.25) is 4.79 Å². The first-order valence-electron chi connectivity index (χ1n) is 8.53. The summed E-state index contributed by atoms with van der Waals surface area (Å²) in [5, 5.41) is 1.10. The van der Waals surface area contributed by atoms with E-state index in [4.69, 9.17) is 37.4 Å². The highest BCUT2D eigenvalue weighted by Gasteiger charge is 2.25. The molecule has 0 aromatic heterocycles. The predicted octanol–water partition coefficient (Wildman–Crippen LogP) is 4.34. The summed E-state index contributed by atoms with van der Waals surface area (Å²) in [6.07, 6.45) is 3.08. The molecule has 1 fully saturated rings. The Morgan fingerprint density at radius 3 is 2.67 bits per heavy atom. The average Bonchev–Trinajstić information content (AvgIpc) is 3.13. The SMILES string of the molecule is O=C(/C=C/c1ccc2c(c1)OCO2)N1CCOC(c2cc(Cl)cc(Cl)c2)C1. The van der Waals surface area contributed by atoms with E-state index in [0.29, 0.717) is 35.5 Å². The number of benzene rings is 2. The fourth-order valence-electron chi connectivity index (χ4n) is 3.10. The van der Waals surface area contributed by atoms with Crippen molar-refractivity contribution in [1.82, 2.24) is 4.90 Å².